The fraction of sp³-hybridized carbons (Fsp3) is 0.800. The Bertz CT molecular complexity index is 101. The van der Waals surface area contributed by atoms with Gasteiger partial charge in [-0.25, -0.2) is 0 Å². The molecule has 0 aromatic carbocycles. The zero-order valence-corrected chi connectivity index (χ0v) is 6.97. The van der Waals surface area contributed by atoms with Crippen LogP contribution in [0.15, 0.2) is 12.7 Å². The Balaban J connectivity index is 1.96. The largest absolute Gasteiger partial charge is 0.103 e. The smallest absolute Gasteiger partial charge is 0.0351 e. The molecule has 1 unspecified atom stereocenters. The number of hydrogen-bond acceptors (Lipinski definition) is 0. The third kappa shape index (κ3) is 3.05. The highest BCUT2D eigenvalue weighted by Crippen LogP contribution is 2.36. The fourth-order valence-corrected chi connectivity index (χ4v) is 1.44. The van der Waals surface area contributed by atoms with Gasteiger partial charge < -0.3 is 0 Å². The molecule has 0 aliphatic heterocycles. The van der Waals surface area contributed by atoms with Gasteiger partial charge in [0.05, 0.1) is 0 Å². The van der Waals surface area contributed by atoms with Crippen molar-refractivity contribution in [3.8, 4) is 0 Å². The third-order valence-corrected chi connectivity index (χ3v) is 2.30. The molecule has 0 aromatic rings. The monoisotopic (exact) mass is 138 g/mol. The van der Waals surface area contributed by atoms with Crippen molar-refractivity contribution in [2.24, 2.45) is 11.8 Å². The van der Waals surface area contributed by atoms with Crippen LogP contribution in [0.2, 0.25) is 0 Å². The molecule has 1 aliphatic rings. The number of hydrogen-bond donors (Lipinski definition) is 0. The maximum Gasteiger partial charge on any atom is -0.0351 e. The van der Waals surface area contributed by atoms with Gasteiger partial charge in [-0.1, -0.05) is 25.8 Å². The Morgan fingerprint density at radius 2 is 2.30 bits per heavy atom. The van der Waals surface area contributed by atoms with Crippen molar-refractivity contribution in [3.63, 3.8) is 0 Å². The Morgan fingerprint density at radius 1 is 1.60 bits per heavy atom. The first kappa shape index (κ1) is 7.84. The molecule has 1 fully saturated rings. The zero-order valence-electron chi connectivity index (χ0n) is 6.97. The lowest BCUT2D eigenvalue weighted by molar-refractivity contribution is 0.467. The van der Waals surface area contributed by atoms with Crippen LogP contribution in [0.25, 0.3) is 0 Å². The summed E-state index contributed by atoms with van der Waals surface area (Å²) in [6, 6.07) is 0. The third-order valence-electron chi connectivity index (χ3n) is 2.30. The highest BCUT2D eigenvalue weighted by molar-refractivity contribution is 4.76. The highest BCUT2D eigenvalue weighted by Gasteiger charge is 2.22. The molecule has 0 nitrogen and oxygen atoms in total. The highest BCUT2D eigenvalue weighted by atomic mass is 14.3. The van der Waals surface area contributed by atoms with E-state index in [-0.39, 0.29) is 0 Å². The van der Waals surface area contributed by atoms with Crippen LogP contribution in [-0.2, 0) is 0 Å². The molecule has 0 amide bonds. The molecule has 0 aromatic heterocycles. The predicted molar refractivity (Wildman–Crippen MR) is 45.9 cm³/mol. The first-order valence-corrected chi connectivity index (χ1v) is 4.44. The molecule has 1 atom stereocenters. The average molecular weight is 138 g/mol. The van der Waals surface area contributed by atoms with E-state index < -0.39 is 0 Å². The predicted octanol–water partition coefficient (Wildman–Crippen LogP) is 3.39. The van der Waals surface area contributed by atoms with Gasteiger partial charge in [-0.05, 0) is 31.1 Å². The molecule has 58 valence electrons. The summed E-state index contributed by atoms with van der Waals surface area (Å²) in [6.45, 7) is 6.09. The van der Waals surface area contributed by atoms with Crippen LogP contribution >= 0.6 is 0 Å². The lowest BCUT2D eigenvalue weighted by atomic mass is 9.99. The van der Waals surface area contributed by atoms with Crippen molar-refractivity contribution in [1.29, 1.82) is 0 Å². The Hall–Kier alpha value is -0.260. The van der Waals surface area contributed by atoms with E-state index in [9.17, 15) is 0 Å². The molecule has 1 rings (SSSR count). The topological polar surface area (TPSA) is 0 Å². The van der Waals surface area contributed by atoms with E-state index in [0.29, 0.717) is 0 Å². The Morgan fingerprint density at radius 3 is 2.80 bits per heavy atom. The van der Waals surface area contributed by atoms with Crippen LogP contribution < -0.4 is 0 Å². The fourth-order valence-electron chi connectivity index (χ4n) is 1.44. The van der Waals surface area contributed by atoms with Gasteiger partial charge in [0.2, 0.25) is 0 Å². The van der Waals surface area contributed by atoms with E-state index >= 15 is 0 Å². The lowest BCUT2D eigenvalue weighted by Crippen LogP contribution is -1.94. The first-order valence-electron chi connectivity index (χ1n) is 4.44. The van der Waals surface area contributed by atoms with E-state index in [1.165, 1.54) is 32.1 Å². The Kier molecular flexibility index (Phi) is 2.98. The van der Waals surface area contributed by atoms with Crippen LogP contribution in [-0.4, -0.2) is 0 Å². The van der Waals surface area contributed by atoms with E-state index in [2.05, 4.69) is 13.5 Å². The molecular weight excluding hydrogens is 120 g/mol. The summed E-state index contributed by atoms with van der Waals surface area (Å²) in [7, 11) is 0. The Labute approximate surface area is 64.3 Å². The van der Waals surface area contributed by atoms with Gasteiger partial charge in [-0.2, -0.15) is 0 Å². The second kappa shape index (κ2) is 3.80. The van der Waals surface area contributed by atoms with Gasteiger partial charge in [0.15, 0.2) is 0 Å². The number of allylic oxidation sites excluding steroid dienone is 1. The van der Waals surface area contributed by atoms with E-state index in [0.717, 1.165) is 11.8 Å². The van der Waals surface area contributed by atoms with E-state index in [1.807, 2.05) is 6.08 Å². The quantitative estimate of drug-likeness (QED) is 0.511. The van der Waals surface area contributed by atoms with Gasteiger partial charge in [0, 0.05) is 0 Å². The molecule has 1 saturated carbocycles. The second-order valence-corrected chi connectivity index (χ2v) is 3.65. The summed E-state index contributed by atoms with van der Waals surface area (Å²) in [6.07, 6.45) is 9.04. The number of rotatable bonds is 5. The molecular formula is C10H18. The normalized spacial score (nSPS) is 20.5. The molecule has 1 aliphatic carbocycles. The zero-order chi connectivity index (χ0) is 7.40. The summed E-state index contributed by atoms with van der Waals surface area (Å²) < 4.78 is 0. The summed E-state index contributed by atoms with van der Waals surface area (Å²) in [4.78, 5) is 0. The van der Waals surface area contributed by atoms with Crippen molar-refractivity contribution in [2.75, 3.05) is 0 Å². The molecule has 0 N–H and O–H groups in total. The maximum atomic E-state index is 3.73. The standard InChI is InChI=1S/C10H18/c1-3-4-5-9(2)8-10-6-7-10/h3,9-10H,1,4-8H2,2H3. The van der Waals surface area contributed by atoms with Gasteiger partial charge in [-0.3, -0.25) is 0 Å². The van der Waals surface area contributed by atoms with Crippen molar-refractivity contribution in [1.82, 2.24) is 0 Å². The van der Waals surface area contributed by atoms with Crippen molar-refractivity contribution in [3.05, 3.63) is 12.7 Å². The van der Waals surface area contributed by atoms with E-state index in [4.69, 9.17) is 0 Å². The summed E-state index contributed by atoms with van der Waals surface area (Å²) in [5.41, 5.74) is 0. The lowest BCUT2D eigenvalue weighted by Gasteiger charge is -2.07. The molecule has 0 radical (unpaired) electrons. The summed E-state index contributed by atoms with van der Waals surface area (Å²) in [5, 5.41) is 0. The van der Waals surface area contributed by atoms with E-state index in [1.54, 1.807) is 0 Å². The summed E-state index contributed by atoms with van der Waals surface area (Å²) in [5.74, 6) is 2.03. The minimum atomic E-state index is 0.936. The minimum absolute atomic E-state index is 0.936. The van der Waals surface area contributed by atoms with Crippen LogP contribution in [0.5, 0.6) is 0 Å². The van der Waals surface area contributed by atoms with Crippen molar-refractivity contribution < 1.29 is 0 Å². The molecule has 0 bridgehead atoms. The molecule has 10 heavy (non-hydrogen) atoms. The van der Waals surface area contributed by atoms with Gasteiger partial charge in [0.25, 0.3) is 0 Å². The van der Waals surface area contributed by atoms with Crippen LogP contribution in [0.1, 0.15) is 39.0 Å². The second-order valence-electron chi connectivity index (χ2n) is 3.65. The first-order chi connectivity index (χ1) is 4.83. The van der Waals surface area contributed by atoms with Crippen LogP contribution in [0.3, 0.4) is 0 Å². The van der Waals surface area contributed by atoms with Crippen molar-refractivity contribution >= 4 is 0 Å². The minimum Gasteiger partial charge on any atom is -0.103 e. The van der Waals surface area contributed by atoms with Gasteiger partial charge in [-0.15, -0.1) is 6.58 Å². The molecule has 0 heterocycles. The van der Waals surface area contributed by atoms with Crippen LogP contribution in [0, 0.1) is 11.8 Å². The van der Waals surface area contributed by atoms with Crippen molar-refractivity contribution in [2.45, 2.75) is 39.0 Å². The molecule has 0 heteroatoms. The van der Waals surface area contributed by atoms with Gasteiger partial charge >= 0.3 is 0 Å². The van der Waals surface area contributed by atoms with Gasteiger partial charge in [0.1, 0.15) is 0 Å². The molecule has 0 spiro atoms. The SMILES string of the molecule is C=CCCC(C)CC1CC1. The molecule has 0 saturated heterocycles. The van der Waals surface area contributed by atoms with Crippen LogP contribution in [0.4, 0.5) is 0 Å². The maximum absolute atomic E-state index is 3.73. The average Bonchev–Trinajstić information content (AvgIpc) is 2.67. The summed E-state index contributed by atoms with van der Waals surface area (Å²) >= 11 is 0.